The molecule has 1 aliphatic rings. The molecule has 1 aromatic rings. The van der Waals surface area contributed by atoms with Gasteiger partial charge >= 0.3 is 0 Å². The third kappa shape index (κ3) is 5.38. The first-order valence-corrected chi connectivity index (χ1v) is 8.64. The van der Waals surface area contributed by atoms with E-state index in [9.17, 15) is 4.79 Å². The first-order chi connectivity index (χ1) is 10.1. The van der Waals surface area contributed by atoms with Crippen LogP contribution in [-0.4, -0.2) is 37.4 Å². The quantitative estimate of drug-likeness (QED) is 0.806. The van der Waals surface area contributed by atoms with Crippen molar-refractivity contribution >= 4 is 30.1 Å². The SMILES string of the molecule is CSc1ccc(OC(C)C(=O)NC2CNCCC2C)cc1.Cl. The molecule has 3 unspecified atom stereocenters. The van der Waals surface area contributed by atoms with Gasteiger partial charge in [0.05, 0.1) is 0 Å². The summed E-state index contributed by atoms with van der Waals surface area (Å²) >= 11 is 1.68. The number of piperidine rings is 1. The maximum Gasteiger partial charge on any atom is 0.261 e. The van der Waals surface area contributed by atoms with E-state index in [1.807, 2.05) is 30.5 Å². The molecule has 2 N–H and O–H groups in total. The number of benzene rings is 1. The molecule has 4 nitrogen and oxygen atoms in total. The summed E-state index contributed by atoms with van der Waals surface area (Å²) in [6, 6.07) is 7.99. The van der Waals surface area contributed by atoms with Gasteiger partial charge in [0.15, 0.2) is 6.10 Å². The molecule has 0 saturated carbocycles. The third-order valence-corrected chi connectivity index (χ3v) is 4.64. The summed E-state index contributed by atoms with van der Waals surface area (Å²) in [4.78, 5) is 13.4. The normalized spacial score (nSPS) is 22.3. The average Bonchev–Trinajstić information content (AvgIpc) is 2.50. The van der Waals surface area contributed by atoms with Crippen molar-refractivity contribution in [2.75, 3.05) is 19.3 Å². The summed E-state index contributed by atoms with van der Waals surface area (Å²) in [5, 5.41) is 6.39. The topological polar surface area (TPSA) is 50.4 Å². The van der Waals surface area contributed by atoms with E-state index in [0.717, 1.165) is 25.3 Å². The molecule has 124 valence electrons. The minimum Gasteiger partial charge on any atom is -0.481 e. The highest BCUT2D eigenvalue weighted by Crippen LogP contribution is 2.20. The lowest BCUT2D eigenvalue weighted by molar-refractivity contribution is -0.128. The Hall–Kier alpha value is -0.910. The van der Waals surface area contributed by atoms with Crippen LogP contribution in [0.3, 0.4) is 0 Å². The fraction of sp³-hybridized carbons (Fsp3) is 0.562. The Morgan fingerprint density at radius 1 is 1.41 bits per heavy atom. The maximum atomic E-state index is 12.2. The number of nitrogens with one attached hydrogen (secondary N) is 2. The largest absolute Gasteiger partial charge is 0.481 e. The fourth-order valence-electron chi connectivity index (χ4n) is 2.39. The third-order valence-electron chi connectivity index (χ3n) is 3.90. The predicted octanol–water partition coefficient (Wildman–Crippen LogP) is 2.71. The number of rotatable bonds is 5. The highest BCUT2D eigenvalue weighted by molar-refractivity contribution is 7.98. The molecular formula is C16H25ClN2O2S. The molecule has 1 heterocycles. The van der Waals surface area contributed by atoms with Gasteiger partial charge in [-0.1, -0.05) is 6.92 Å². The van der Waals surface area contributed by atoms with Crippen molar-refractivity contribution in [1.29, 1.82) is 0 Å². The summed E-state index contributed by atoms with van der Waals surface area (Å²) in [6.45, 7) is 5.83. The van der Waals surface area contributed by atoms with Gasteiger partial charge in [0.25, 0.3) is 5.91 Å². The Kier molecular flexibility index (Phi) is 8.07. The standard InChI is InChI=1S/C16H24N2O2S.ClH/c1-11-8-9-17-10-15(11)18-16(19)12(2)20-13-4-6-14(21-3)7-5-13;/h4-7,11-12,15,17H,8-10H2,1-3H3,(H,18,19);1H. The number of hydrogen-bond donors (Lipinski definition) is 2. The van der Waals surface area contributed by atoms with Gasteiger partial charge in [-0.15, -0.1) is 24.2 Å². The van der Waals surface area contributed by atoms with Gasteiger partial charge in [0.1, 0.15) is 5.75 Å². The van der Waals surface area contributed by atoms with Crippen molar-refractivity contribution in [1.82, 2.24) is 10.6 Å². The van der Waals surface area contributed by atoms with Crippen molar-refractivity contribution < 1.29 is 9.53 Å². The highest BCUT2D eigenvalue weighted by Gasteiger charge is 2.25. The second-order valence-corrected chi connectivity index (χ2v) is 6.40. The molecule has 0 bridgehead atoms. The molecular weight excluding hydrogens is 320 g/mol. The molecule has 0 radical (unpaired) electrons. The first kappa shape index (κ1) is 19.1. The second-order valence-electron chi connectivity index (χ2n) is 5.52. The van der Waals surface area contributed by atoms with Crippen LogP contribution in [0.2, 0.25) is 0 Å². The average molecular weight is 345 g/mol. The minimum absolute atomic E-state index is 0. The zero-order chi connectivity index (χ0) is 15.2. The first-order valence-electron chi connectivity index (χ1n) is 7.42. The molecule has 3 atom stereocenters. The summed E-state index contributed by atoms with van der Waals surface area (Å²) in [6.07, 6.45) is 2.64. The van der Waals surface area contributed by atoms with Crippen LogP contribution >= 0.6 is 24.2 Å². The van der Waals surface area contributed by atoms with Crippen LogP contribution in [0.5, 0.6) is 5.75 Å². The Bertz CT molecular complexity index is 470. The Balaban J connectivity index is 0.00000242. The molecule has 1 aliphatic heterocycles. The van der Waals surface area contributed by atoms with E-state index >= 15 is 0 Å². The highest BCUT2D eigenvalue weighted by atomic mass is 35.5. The Morgan fingerprint density at radius 3 is 2.68 bits per heavy atom. The number of halogens is 1. The van der Waals surface area contributed by atoms with Crippen LogP contribution in [0.25, 0.3) is 0 Å². The lowest BCUT2D eigenvalue weighted by atomic mass is 9.95. The van der Waals surface area contributed by atoms with Gasteiger partial charge in [-0.05, 0) is 56.3 Å². The van der Waals surface area contributed by atoms with Crippen molar-refractivity contribution in [2.45, 2.75) is 37.3 Å². The van der Waals surface area contributed by atoms with Crippen LogP contribution < -0.4 is 15.4 Å². The molecule has 1 aromatic carbocycles. The Morgan fingerprint density at radius 2 is 2.09 bits per heavy atom. The molecule has 22 heavy (non-hydrogen) atoms. The van der Waals surface area contributed by atoms with Crippen LogP contribution in [-0.2, 0) is 4.79 Å². The van der Waals surface area contributed by atoms with Crippen LogP contribution in [0, 0.1) is 5.92 Å². The van der Waals surface area contributed by atoms with Gasteiger partial charge in [-0.25, -0.2) is 0 Å². The zero-order valence-electron chi connectivity index (χ0n) is 13.3. The smallest absolute Gasteiger partial charge is 0.261 e. The molecule has 1 fully saturated rings. The minimum atomic E-state index is -0.487. The fourth-order valence-corrected chi connectivity index (χ4v) is 2.80. The molecule has 1 saturated heterocycles. The van der Waals surface area contributed by atoms with E-state index in [1.165, 1.54) is 4.90 Å². The van der Waals surface area contributed by atoms with E-state index in [0.29, 0.717) is 5.92 Å². The van der Waals surface area contributed by atoms with Crippen molar-refractivity contribution in [3.05, 3.63) is 24.3 Å². The predicted molar refractivity (Wildman–Crippen MR) is 94.1 cm³/mol. The number of carbonyl (C=O) groups is 1. The number of carbonyl (C=O) groups excluding carboxylic acids is 1. The summed E-state index contributed by atoms with van der Waals surface area (Å²) in [7, 11) is 0. The number of hydrogen-bond acceptors (Lipinski definition) is 4. The summed E-state index contributed by atoms with van der Waals surface area (Å²) < 4.78 is 5.71. The van der Waals surface area contributed by atoms with Crippen molar-refractivity contribution in [3.8, 4) is 5.75 Å². The Labute approximate surface area is 143 Å². The summed E-state index contributed by atoms with van der Waals surface area (Å²) in [5.74, 6) is 1.18. The van der Waals surface area contributed by atoms with Crippen LogP contribution in [0.4, 0.5) is 0 Å². The van der Waals surface area contributed by atoms with Crippen molar-refractivity contribution in [2.24, 2.45) is 5.92 Å². The molecule has 2 rings (SSSR count). The van der Waals surface area contributed by atoms with E-state index in [1.54, 1.807) is 18.7 Å². The number of amides is 1. The van der Waals surface area contributed by atoms with Gasteiger partial charge in [0.2, 0.25) is 0 Å². The lowest BCUT2D eigenvalue weighted by Gasteiger charge is -2.31. The van der Waals surface area contributed by atoms with Gasteiger partial charge in [-0.3, -0.25) is 4.79 Å². The van der Waals surface area contributed by atoms with E-state index < -0.39 is 6.10 Å². The van der Waals surface area contributed by atoms with E-state index in [4.69, 9.17) is 4.74 Å². The van der Waals surface area contributed by atoms with Crippen LogP contribution in [0.1, 0.15) is 20.3 Å². The van der Waals surface area contributed by atoms with Gasteiger partial charge < -0.3 is 15.4 Å². The maximum absolute atomic E-state index is 12.2. The van der Waals surface area contributed by atoms with Gasteiger partial charge in [0, 0.05) is 17.5 Å². The molecule has 1 amide bonds. The monoisotopic (exact) mass is 344 g/mol. The zero-order valence-corrected chi connectivity index (χ0v) is 14.9. The second kappa shape index (κ2) is 9.28. The number of thioether (sulfide) groups is 1. The molecule has 0 aromatic heterocycles. The van der Waals surface area contributed by atoms with E-state index in [-0.39, 0.29) is 24.4 Å². The van der Waals surface area contributed by atoms with Gasteiger partial charge in [-0.2, -0.15) is 0 Å². The lowest BCUT2D eigenvalue weighted by Crippen LogP contribution is -2.52. The molecule has 0 aliphatic carbocycles. The molecule has 0 spiro atoms. The van der Waals surface area contributed by atoms with Crippen LogP contribution in [0.15, 0.2) is 29.2 Å². The van der Waals surface area contributed by atoms with Crippen molar-refractivity contribution in [3.63, 3.8) is 0 Å². The number of ether oxygens (including phenoxy) is 1. The molecule has 6 heteroatoms. The summed E-state index contributed by atoms with van der Waals surface area (Å²) in [5.41, 5.74) is 0. The van der Waals surface area contributed by atoms with E-state index in [2.05, 4.69) is 17.6 Å².